The molecule has 2 N–H and O–H groups in total. The van der Waals surface area contributed by atoms with Gasteiger partial charge in [0.1, 0.15) is 0 Å². The van der Waals surface area contributed by atoms with E-state index >= 15 is 0 Å². The van der Waals surface area contributed by atoms with Gasteiger partial charge in [-0.1, -0.05) is 23.9 Å². The van der Waals surface area contributed by atoms with Crippen molar-refractivity contribution in [3.8, 4) is 0 Å². The SMILES string of the molecule is Cc1cccc(NCC2CCC(=O)N2CCSc2nc(C(=O)O)cs2)c1C. The highest BCUT2D eigenvalue weighted by Crippen LogP contribution is 2.26. The van der Waals surface area contributed by atoms with Gasteiger partial charge in [0.05, 0.1) is 0 Å². The highest BCUT2D eigenvalue weighted by Gasteiger charge is 2.30. The molecular formula is C19H23N3O3S2. The molecule has 0 saturated carbocycles. The lowest BCUT2D eigenvalue weighted by Gasteiger charge is -2.25. The number of nitrogens with zero attached hydrogens (tertiary/aromatic N) is 2. The molecule has 1 unspecified atom stereocenters. The van der Waals surface area contributed by atoms with Crippen molar-refractivity contribution in [3.63, 3.8) is 0 Å². The Hall–Kier alpha value is -2.06. The number of carbonyl (C=O) groups excluding carboxylic acids is 1. The number of rotatable bonds is 8. The van der Waals surface area contributed by atoms with E-state index in [1.54, 1.807) is 5.38 Å². The van der Waals surface area contributed by atoms with Gasteiger partial charge in [0.15, 0.2) is 10.0 Å². The average Bonchev–Trinajstić information content (AvgIpc) is 3.24. The minimum Gasteiger partial charge on any atom is -0.476 e. The minimum atomic E-state index is -1.01. The summed E-state index contributed by atoms with van der Waals surface area (Å²) >= 11 is 2.83. The normalized spacial score (nSPS) is 16.7. The standard InChI is InChI=1S/C19H23N3O3S2/c1-12-4-3-5-15(13(12)2)20-10-14-6-7-17(23)22(14)8-9-26-19-21-16(11-27-19)18(24)25/h3-5,11,14,20H,6-10H2,1-2H3,(H,24,25). The van der Waals surface area contributed by atoms with Gasteiger partial charge < -0.3 is 15.3 Å². The molecule has 1 aromatic heterocycles. The largest absolute Gasteiger partial charge is 0.476 e. The topological polar surface area (TPSA) is 82.5 Å². The number of carbonyl (C=O) groups is 2. The third-order valence-corrected chi connectivity index (χ3v) is 6.85. The molecule has 1 aliphatic heterocycles. The summed E-state index contributed by atoms with van der Waals surface area (Å²) < 4.78 is 0.726. The van der Waals surface area contributed by atoms with Crippen molar-refractivity contribution in [2.75, 3.05) is 24.2 Å². The summed E-state index contributed by atoms with van der Waals surface area (Å²) in [6.07, 6.45) is 1.45. The number of benzene rings is 1. The first-order valence-corrected chi connectivity index (χ1v) is 10.7. The predicted molar refractivity (Wildman–Crippen MR) is 109 cm³/mol. The number of aryl methyl sites for hydroxylation is 1. The first-order chi connectivity index (χ1) is 13.0. The van der Waals surface area contributed by atoms with Gasteiger partial charge in [0.2, 0.25) is 5.91 Å². The van der Waals surface area contributed by atoms with Crippen molar-refractivity contribution in [2.45, 2.75) is 37.1 Å². The lowest BCUT2D eigenvalue weighted by Crippen LogP contribution is -2.39. The highest BCUT2D eigenvalue weighted by atomic mass is 32.2. The van der Waals surface area contributed by atoms with Gasteiger partial charge in [-0.3, -0.25) is 4.79 Å². The molecule has 8 heteroatoms. The van der Waals surface area contributed by atoms with E-state index in [9.17, 15) is 9.59 Å². The average molecular weight is 406 g/mol. The Balaban J connectivity index is 1.52. The number of hydrogen-bond donors (Lipinski definition) is 2. The zero-order chi connectivity index (χ0) is 19.4. The number of aromatic nitrogens is 1. The van der Waals surface area contributed by atoms with Crippen LogP contribution in [0.2, 0.25) is 0 Å². The fraction of sp³-hybridized carbons (Fsp3) is 0.421. The second kappa shape index (κ2) is 8.75. The van der Waals surface area contributed by atoms with Gasteiger partial charge in [0.25, 0.3) is 0 Å². The number of aromatic carboxylic acids is 1. The molecule has 1 fully saturated rings. The van der Waals surface area contributed by atoms with Crippen molar-refractivity contribution >= 4 is 40.7 Å². The number of hydrogen-bond acceptors (Lipinski definition) is 6. The van der Waals surface area contributed by atoms with E-state index in [-0.39, 0.29) is 17.6 Å². The van der Waals surface area contributed by atoms with Crippen LogP contribution in [-0.2, 0) is 4.79 Å². The lowest BCUT2D eigenvalue weighted by atomic mass is 10.1. The van der Waals surface area contributed by atoms with Crippen LogP contribution in [0.5, 0.6) is 0 Å². The van der Waals surface area contributed by atoms with Crippen LogP contribution in [0.25, 0.3) is 0 Å². The molecular weight excluding hydrogens is 382 g/mol. The molecule has 1 amide bonds. The molecule has 144 valence electrons. The molecule has 1 atom stereocenters. The van der Waals surface area contributed by atoms with Crippen LogP contribution in [0, 0.1) is 13.8 Å². The van der Waals surface area contributed by atoms with Crippen LogP contribution in [-0.4, -0.2) is 51.8 Å². The second-order valence-electron chi connectivity index (χ2n) is 6.56. The molecule has 6 nitrogen and oxygen atoms in total. The van der Waals surface area contributed by atoms with E-state index in [1.165, 1.54) is 34.2 Å². The first kappa shape index (κ1) is 19.7. The van der Waals surface area contributed by atoms with Gasteiger partial charge in [-0.2, -0.15) is 0 Å². The molecule has 0 spiro atoms. The van der Waals surface area contributed by atoms with E-state index in [2.05, 4.69) is 36.3 Å². The number of thiazole rings is 1. The Morgan fingerprint density at radius 3 is 3.00 bits per heavy atom. The number of carboxylic acids is 1. The Morgan fingerprint density at radius 2 is 2.26 bits per heavy atom. The summed E-state index contributed by atoms with van der Waals surface area (Å²) in [4.78, 5) is 29.2. The summed E-state index contributed by atoms with van der Waals surface area (Å²) in [6, 6.07) is 6.39. The summed E-state index contributed by atoms with van der Waals surface area (Å²) in [7, 11) is 0. The van der Waals surface area contributed by atoms with Gasteiger partial charge in [0, 0.05) is 42.4 Å². The van der Waals surface area contributed by atoms with Crippen molar-refractivity contribution in [3.05, 3.63) is 40.4 Å². The van der Waals surface area contributed by atoms with E-state index in [1.807, 2.05) is 11.0 Å². The fourth-order valence-corrected chi connectivity index (χ4v) is 4.95. The number of nitrogens with one attached hydrogen (secondary N) is 1. The van der Waals surface area contributed by atoms with Crippen LogP contribution < -0.4 is 5.32 Å². The van der Waals surface area contributed by atoms with Gasteiger partial charge >= 0.3 is 5.97 Å². The van der Waals surface area contributed by atoms with Crippen molar-refractivity contribution in [1.29, 1.82) is 0 Å². The quantitative estimate of drug-likeness (QED) is 0.653. The Labute approximate surface area is 167 Å². The van der Waals surface area contributed by atoms with E-state index in [0.29, 0.717) is 18.7 Å². The molecule has 0 bridgehead atoms. The van der Waals surface area contributed by atoms with Crippen LogP contribution in [0.15, 0.2) is 27.9 Å². The Bertz CT molecular complexity index is 837. The number of thioether (sulfide) groups is 1. The third kappa shape index (κ3) is 4.81. The number of amides is 1. The Morgan fingerprint density at radius 1 is 1.44 bits per heavy atom. The number of anilines is 1. The highest BCUT2D eigenvalue weighted by molar-refractivity contribution is 8.01. The zero-order valence-corrected chi connectivity index (χ0v) is 17.0. The van der Waals surface area contributed by atoms with E-state index in [0.717, 1.165) is 23.0 Å². The summed E-state index contributed by atoms with van der Waals surface area (Å²) in [6.45, 7) is 5.58. The monoisotopic (exact) mass is 405 g/mol. The van der Waals surface area contributed by atoms with Crippen LogP contribution >= 0.6 is 23.1 Å². The number of carboxylic acid groups (broad SMARTS) is 1. The minimum absolute atomic E-state index is 0.0790. The molecule has 1 saturated heterocycles. The molecule has 0 aliphatic carbocycles. The molecule has 3 rings (SSSR count). The fourth-order valence-electron chi connectivity index (χ4n) is 3.14. The van der Waals surface area contributed by atoms with Crippen molar-refractivity contribution < 1.29 is 14.7 Å². The second-order valence-corrected chi connectivity index (χ2v) is 8.76. The summed E-state index contributed by atoms with van der Waals surface area (Å²) in [5, 5.41) is 14.0. The molecule has 1 aromatic carbocycles. The summed E-state index contributed by atoms with van der Waals surface area (Å²) in [5.41, 5.74) is 3.69. The van der Waals surface area contributed by atoms with Crippen LogP contribution in [0.4, 0.5) is 5.69 Å². The molecule has 0 radical (unpaired) electrons. The van der Waals surface area contributed by atoms with Gasteiger partial charge in [-0.25, -0.2) is 9.78 Å². The van der Waals surface area contributed by atoms with Crippen molar-refractivity contribution in [2.24, 2.45) is 0 Å². The maximum atomic E-state index is 12.3. The van der Waals surface area contributed by atoms with Gasteiger partial charge in [-0.05, 0) is 37.5 Å². The number of likely N-dealkylation sites (tertiary alicyclic amines) is 1. The van der Waals surface area contributed by atoms with E-state index < -0.39 is 5.97 Å². The summed E-state index contributed by atoms with van der Waals surface area (Å²) in [5.74, 6) is -0.114. The first-order valence-electron chi connectivity index (χ1n) is 8.87. The zero-order valence-electron chi connectivity index (χ0n) is 15.4. The van der Waals surface area contributed by atoms with Gasteiger partial charge in [-0.15, -0.1) is 11.3 Å². The lowest BCUT2D eigenvalue weighted by molar-refractivity contribution is -0.128. The van der Waals surface area contributed by atoms with Crippen LogP contribution in [0.1, 0.15) is 34.5 Å². The third-order valence-electron chi connectivity index (χ3n) is 4.85. The maximum absolute atomic E-state index is 12.3. The predicted octanol–water partition coefficient (Wildman–Crippen LogP) is 3.65. The smallest absolute Gasteiger partial charge is 0.355 e. The van der Waals surface area contributed by atoms with E-state index in [4.69, 9.17) is 5.11 Å². The van der Waals surface area contributed by atoms with Crippen molar-refractivity contribution in [1.82, 2.24) is 9.88 Å². The molecule has 2 aromatic rings. The Kier molecular flexibility index (Phi) is 6.38. The molecule has 27 heavy (non-hydrogen) atoms. The van der Waals surface area contributed by atoms with Crippen LogP contribution in [0.3, 0.4) is 0 Å². The maximum Gasteiger partial charge on any atom is 0.355 e. The molecule has 2 heterocycles. The molecule has 1 aliphatic rings.